The molecule has 7 heteroatoms. The first-order valence-electron chi connectivity index (χ1n) is 11.7. The van der Waals surface area contributed by atoms with Gasteiger partial charge in [0, 0.05) is 24.5 Å². The van der Waals surface area contributed by atoms with Crippen molar-refractivity contribution in [3.63, 3.8) is 0 Å². The number of rotatable bonds is 4. The number of hydrogen-bond donors (Lipinski definition) is 2. The fourth-order valence-corrected chi connectivity index (χ4v) is 7.49. The fraction of sp³-hybridized carbons (Fsp3) is 0.542. The van der Waals surface area contributed by atoms with Crippen LogP contribution in [0.15, 0.2) is 30.5 Å². The number of hydrogen-bond acceptors (Lipinski definition) is 4. The molecule has 6 nitrogen and oxygen atoms in total. The van der Waals surface area contributed by atoms with Gasteiger partial charge in [0.2, 0.25) is 0 Å². The number of carbonyl (C=O) groups is 1. The predicted octanol–water partition coefficient (Wildman–Crippen LogP) is 3.01. The SMILES string of the molecule is O=C(Nc1c2c(cc3c1CCC3)CCC2)NS(=O)CC1C2CCCN2C2C=CC=CN12. The maximum atomic E-state index is 13.0. The van der Waals surface area contributed by atoms with E-state index in [2.05, 4.69) is 44.3 Å². The number of aryl methyl sites for hydroxylation is 2. The van der Waals surface area contributed by atoms with Crippen molar-refractivity contribution in [1.82, 2.24) is 14.5 Å². The van der Waals surface area contributed by atoms with E-state index in [-0.39, 0.29) is 18.2 Å². The standard InChI is InChI=1S/C24H30N4O2S/c29-24(25-23-18-8-3-6-16(18)14-17-7-4-9-19(17)23)26-31(30)15-21-20-10-5-13-27(20)22-11-1-2-12-28(21)22/h1-2,11-12,14,20-22H,3-10,13,15H2,(H2,25,26,29). The Labute approximate surface area is 186 Å². The zero-order chi connectivity index (χ0) is 20.9. The second-order valence-electron chi connectivity index (χ2n) is 9.40. The topological polar surface area (TPSA) is 64.7 Å². The molecule has 1 aromatic rings. The van der Waals surface area contributed by atoms with Gasteiger partial charge in [0.15, 0.2) is 0 Å². The molecular formula is C24H30N4O2S. The van der Waals surface area contributed by atoms with Crippen LogP contribution in [0.2, 0.25) is 0 Å². The van der Waals surface area contributed by atoms with Crippen LogP contribution in [-0.2, 0) is 36.7 Å². The van der Waals surface area contributed by atoms with Crippen LogP contribution in [0, 0.1) is 0 Å². The van der Waals surface area contributed by atoms with E-state index in [1.165, 1.54) is 28.7 Å². The molecule has 2 fully saturated rings. The van der Waals surface area contributed by atoms with Crippen LogP contribution in [0.1, 0.15) is 47.9 Å². The Morgan fingerprint density at radius 3 is 2.61 bits per heavy atom. The summed E-state index contributed by atoms with van der Waals surface area (Å²) in [7, 11) is -1.42. The van der Waals surface area contributed by atoms with Gasteiger partial charge in [0.05, 0.1) is 11.8 Å². The molecule has 2 aliphatic carbocycles. The first-order valence-corrected chi connectivity index (χ1v) is 13.0. The molecule has 4 unspecified atom stereocenters. The molecule has 2 saturated heterocycles. The smallest absolute Gasteiger partial charge is 0.331 e. The highest BCUT2D eigenvalue weighted by atomic mass is 32.2. The highest BCUT2D eigenvalue weighted by Crippen LogP contribution is 2.39. The number of nitrogens with zero attached hydrogens (tertiary/aromatic N) is 2. The Morgan fingerprint density at radius 2 is 1.84 bits per heavy atom. The van der Waals surface area contributed by atoms with Crippen molar-refractivity contribution >= 4 is 22.7 Å². The van der Waals surface area contributed by atoms with Crippen molar-refractivity contribution < 1.29 is 9.00 Å². The summed E-state index contributed by atoms with van der Waals surface area (Å²) in [5, 5.41) is 3.11. The van der Waals surface area contributed by atoms with E-state index < -0.39 is 11.0 Å². The zero-order valence-electron chi connectivity index (χ0n) is 17.8. The van der Waals surface area contributed by atoms with Gasteiger partial charge in [0.1, 0.15) is 17.2 Å². The lowest BCUT2D eigenvalue weighted by Gasteiger charge is -2.30. The molecule has 5 aliphatic rings. The minimum Gasteiger partial charge on any atom is -0.353 e. The van der Waals surface area contributed by atoms with Crippen molar-refractivity contribution in [2.45, 2.75) is 69.6 Å². The Kier molecular flexibility index (Phi) is 4.91. The molecule has 31 heavy (non-hydrogen) atoms. The predicted molar refractivity (Wildman–Crippen MR) is 123 cm³/mol. The van der Waals surface area contributed by atoms with Gasteiger partial charge in [-0.25, -0.2) is 9.00 Å². The molecule has 3 heterocycles. The average molecular weight is 439 g/mol. The number of urea groups is 1. The molecule has 0 saturated carbocycles. The van der Waals surface area contributed by atoms with Crippen LogP contribution in [0.5, 0.6) is 0 Å². The molecule has 2 N–H and O–H groups in total. The molecule has 0 aromatic heterocycles. The lowest BCUT2D eigenvalue weighted by Crippen LogP contribution is -2.43. The number of benzene rings is 1. The van der Waals surface area contributed by atoms with E-state index >= 15 is 0 Å². The lowest BCUT2D eigenvalue weighted by molar-refractivity contribution is 0.216. The molecule has 0 spiro atoms. The average Bonchev–Trinajstić information content (AvgIpc) is 3.53. The van der Waals surface area contributed by atoms with Crippen LogP contribution in [0.4, 0.5) is 10.5 Å². The normalized spacial score (nSPS) is 28.9. The lowest BCUT2D eigenvalue weighted by atomic mass is 9.99. The largest absolute Gasteiger partial charge is 0.353 e. The highest BCUT2D eigenvalue weighted by molar-refractivity contribution is 7.83. The van der Waals surface area contributed by atoms with Gasteiger partial charge < -0.3 is 10.2 Å². The number of nitrogens with one attached hydrogen (secondary N) is 2. The van der Waals surface area contributed by atoms with Crippen LogP contribution in [0.25, 0.3) is 0 Å². The number of allylic oxidation sites excluding steroid dienone is 2. The van der Waals surface area contributed by atoms with Crippen molar-refractivity contribution in [1.29, 1.82) is 0 Å². The number of carbonyl (C=O) groups excluding carboxylic acids is 1. The second kappa shape index (κ2) is 7.78. The van der Waals surface area contributed by atoms with Crippen LogP contribution in [-0.4, -0.2) is 50.6 Å². The minimum absolute atomic E-state index is 0.167. The van der Waals surface area contributed by atoms with Gasteiger partial charge in [-0.05, 0) is 85.8 Å². The number of anilines is 1. The highest BCUT2D eigenvalue weighted by Gasteiger charge is 2.47. The third kappa shape index (κ3) is 3.33. The van der Waals surface area contributed by atoms with Gasteiger partial charge in [-0.15, -0.1) is 0 Å². The number of amides is 2. The molecule has 2 amide bonds. The van der Waals surface area contributed by atoms with Crippen LogP contribution >= 0.6 is 0 Å². The van der Waals surface area contributed by atoms with E-state index in [9.17, 15) is 9.00 Å². The fourth-order valence-electron chi connectivity index (χ4n) is 6.45. The summed E-state index contributed by atoms with van der Waals surface area (Å²) in [6.45, 7) is 1.09. The van der Waals surface area contributed by atoms with Crippen molar-refractivity contribution in [2.24, 2.45) is 0 Å². The zero-order valence-corrected chi connectivity index (χ0v) is 18.6. The van der Waals surface area contributed by atoms with Crippen LogP contribution in [0.3, 0.4) is 0 Å². The molecule has 3 aliphatic heterocycles. The van der Waals surface area contributed by atoms with Gasteiger partial charge >= 0.3 is 6.03 Å². The summed E-state index contributed by atoms with van der Waals surface area (Å²) in [5.74, 6) is 0.453. The molecular weight excluding hydrogens is 408 g/mol. The van der Waals surface area contributed by atoms with E-state index in [4.69, 9.17) is 0 Å². The van der Waals surface area contributed by atoms with Crippen molar-refractivity contribution in [3.8, 4) is 0 Å². The van der Waals surface area contributed by atoms with Gasteiger partial charge in [-0.1, -0.05) is 12.1 Å². The summed E-state index contributed by atoms with van der Waals surface area (Å²) >= 11 is 0. The molecule has 6 rings (SSSR count). The van der Waals surface area contributed by atoms with Crippen molar-refractivity contribution in [2.75, 3.05) is 17.6 Å². The first-order chi connectivity index (χ1) is 15.2. The molecule has 164 valence electrons. The monoisotopic (exact) mass is 438 g/mol. The Morgan fingerprint density at radius 1 is 1.06 bits per heavy atom. The maximum Gasteiger partial charge on any atom is 0.331 e. The van der Waals surface area contributed by atoms with E-state index in [1.807, 2.05) is 6.08 Å². The maximum absolute atomic E-state index is 13.0. The molecule has 4 atom stereocenters. The summed E-state index contributed by atoms with van der Waals surface area (Å²) in [6.07, 6.45) is 17.6. The minimum atomic E-state index is -1.42. The Hall–Kier alpha value is -2.12. The van der Waals surface area contributed by atoms with E-state index in [0.717, 1.165) is 57.2 Å². The van der Waals surface area contributed by atoms with E-state index in [0.29, 0.717) is 11.8 Å². The second-order valence-corrected chi connectivity index (χ2v) is 10.6. The third-order valence-corrected chi connectivity index (χ3v) is 8.76. The molecule has 1 aromatic carbocycles. The Bertz CT molecular complexity index is 972. The molecule has 0 bridgehead atoms. The third-order valence-electron chi connectivity index (χ3n) is 7.71. The van der Waals surface area contributed by atoms with Crippen molar-refractivity contribution in [3.05, 3.63) is 52.7 Å². The summed E-state index contributed by atoms with van der Waals surface area (Å²) in [5.41, 5.74) is 6.38. The van der Waals surface area contributed by atoms with Gasteiger partial charge in [-0.3, -0.25) is 9.62 Å². The summed E-state index contributed by atoms with van der Waals surface area (Å²) in [6, 6.07) is 2.60. The summed E-state index contributed by atoms with van der Waals surface area (Å²) in [4.78, 5) is 17.7. The van der Waals surface area contributed by atoms with E-state index in [1.54, 1.807) is 0 Å². The molecule has 0 radical (unpaired) electrons. The van der Waals surface area contributed by atoms with Gasteiger partial charge in [0.25, 0.3) is 0 Å². The van der Waals surface area contributed by atoms with Crippen LogP contribution < -0.4 is 10.0 Å². The number of fused-ring (bicyclic) bond motifs is 5. The van der Waals surface area contributed by atoms with Gasteiger partial charge in [-0.2, -0.15) is 0 Å². The summed E-state index contributed by atoms with van der Waals surface area (Å²) < 4.78 is 15.7. The quantitative estimate of drug-likeness (QED) is 0.759. The first kappa shape index (κ1) is 19.6. The Balaban J connectivity index is 1.15.